The van der Waals surface area contributed by atoms with Gasteiger partial charge in [0, 0.05) is 22.5 Å². The van der Waals surface area contributed by atoms with Gasteiger partial charge in [0.25, 0.3) is 5.91 Å². The number of hydrazine groups is 1. The van der Waals surface area contributed by atoms with Gasteiger partial charge >= 0.3 is 5.97 Å². The van der Waals surface area contributed by atoms with Crippen molar-refractivity contribution in [2.45, 2.75) is 26.3 Å². The number of rotatable bonds is 10. The second-order valence-corrected chi connectivity index (χ2v) is 9.64. The van der Waals surface area contributed by atoms with E-state index >= 15 is 0 Å². The molecule has 7 nitrogen and oxygen atoms in total. The number of anilines is 1. The fourth-order valence-electron chi connectivity index (χ4n) is 3.66. The van der Waals surface area contributed by atoms with Crippen molar-refractivity contribution in [2.75, 3.05) is 11.4 Å². The van der Waals surface area contributed by atoms with Crippen LogP contribution in [-0.2, 0) is 0 Å². The molecule has 34 heavy (non-hydrogen) atoms. The molecule has 1 aromatic heterocycles. The number of carboxylic acids is 1. The van der Waals surface area contributed by atoms with Crippen LogP contribution in [-0.4, -0.2) is 29.6 Å². The van der Waals surface area contributed by atoms with Gasteiger partial charge in [0.05, 0.1) is 16.3 Å². The summed E-state index contributed by atoms with van der Waals surface area (Å²) in [5, 5.41) is 12.5. The largest absolute Gasteiger partial charge is 0.477 e. The normalized spacial score (nSPS) is 12.6. The summed E-state index contributed by atoms with van der Waals surface area (Å²) in [6.45, 7) is 4.08. The lowest BCUT2D eigenvalue weighted by Crippen LogP contribution is -2.77. The van der Waals surface area contributed by atoms with Gasteiger partial charge in [0.1, 0.15) is 4.88 Å². The van der Waals surface area contributed by atoms with Crippen LogP contribution in [0.25, 0.3) is 16.0 Å². The van der Waals surface area contributed by atoms with Gasteiger partial charge in [0.2, 0.25) is 0 Å². The van der Waals surface area contributed by atoms with Crippen LogP contribution >= 0.6 is 34.5 Å². The van der Waals surface area contributed by atoms with E-state index < -0.39 is 17.9 Å². The minimum absolute atomic E-state index is 0.0301. The summed E-state index contributed by atoms with van der Waals surface area (Å²) in [6, 6.07) is 15.1. The van der Waals surface area contributed by atoms with E-state index in [1.807, 2.05) is 49.4 Å². The number of thiophene rings is 1. The average Bonchev–Trinajstić information content (AvgIpc) is 3.27. The summed E-state index contributed by atoms with van der Waals surface area (Å²) in [5.74, 6) is -1.66. The van der Waals surface area contributed by atoms with E-state index in [-0.39, 0.29) is 33.6 Å². The topological polar surface area (TPSA) is 106 Å². The standard InChI is InChI=1S/C24H24Cl2N4O3S/c1-3-14(2)20(13-28-29-27)30(23(31)17-10-9-16(25)11-18(17)26)19-12-21(34-22(19)24(32)33)15-7-5-4-6-8-15/h4-12,14,20,29H,3,13H2,1-2H3,(H2-,27,28,32,33). The van der Waals surface area contributed by atoms with Crippen LogP contribution in [0.4, 0.5) is 5.69 Å². The number of carbonyl (C=O) groups is 2. The van der Waals surface area contributed by atoms with Crippen molar-refractivity contribution in [3.8, 4) is 10.4 Å². The van der Waals surface area contributed by atoms with Crippen molar-refractivity contribution in [3.05, 3.63) is 80.6 Å². The zero-order chi connectivity index (χ0) is 24.8. The van der Waals surface area contributed by atoms with E-state index in [0.29, 0.717) is 16.3 Å². The number of aromatic carboxylic acids is 1. The molecule has 0 bridgehead atoms. The van der Waals surface area contributed by atoms with E-state index in [2.05, 4.69) is 5.43 Å². The molecule has 3 aromatic rings. The summed E-state index contributed by atoms with van der Waals surface area (Å²) in [5.41, 5.74) is 13.1. The monoisotopic (exact) mass is 518 g/mol. The van der Waals surface area contributed by atoms with E-state index in [1.165, 1.54) is 17.0 Å². The van der Waals surface area contributed by atoms with Crippen molar-refractivity contribution >= 4 is 52.1 Å². The Kier molecular flexibility index (Phi) is 8.66. The van der Waals surface area contributed by atoms with Crippen molar-refractivity contribution < 1.29 is 19.9 Å². The molecule has 0 aliphatic rings. The number of nitrogens with zero attached hydrogens (tertiary/aromatic N) is 2. The van der Waals surface area contributed by atoms with Crippen molar-refractivity contribution in [1.82, 2.24) is 5.43 Å². The first-order chi connectivity index (χ1) is 16.3. The van der Waals surface area contributed by atoms with Gasteiger partial charge in [-0.1, -0.05) is 73.8 Å². The number of hydrogen-bond donors (Lipinski definition) is 3. The molecule has 0 spiro atoms. The highest BCUT2D eigenvalue weighted by Gasteiger charge is 2.34. The number of nitrogens with one attached hydrogen (secondary N) is 2. The number of hydrogen-bond acceptors (Lipinski definition) is 3. The van der Waals surface area contributed by atoms with Crippen molar-refractivity contribution in [3.63, 3.8) is 0 Å². The minimum atomic E-state index is -1.14. The first kappa shape index (κ1) is 25.7. The molecule has 1 amide bonds. The Bertz CT molecular complexity index is 1190. The first-order valence-corrected chi connectivity index (χ1v) is 12.2. The number of benzene rings is 2. The third-order valence-corrected chi connectivity index (χ3v) is 7.34. The van der Waals surface area contributed by atoms with Crippen LogP contribution in [0.2, 0.25) is 10.0 Å². The molecule has 10 heteroatoms. The Morgan fingerprint density at radius 1 is 1.18 bits per heavy atom. The molecule has 3 N–H and O–H groups in total. The number of carboxylic acid groups (broad SMARTS) is 1. The predicted octanol–water partition coefficient (Wildman–Crippen LogP) is 5.09. The third kappa shape index (κ3) is 5.58. The molecule has 2 unspecified atom stereocenters. The van der Waals surface area contributed by atoms with Gasteiger partial charge in [-0.15, -0.1) is 11.3 Å². The fraction of sp³-hybridized carbons (Fsp3) is 0.250. The number of amides is 1. The molecule has 0 aliphatic carbocycles. The molecule has 178 valence electrons. The van der Waals surface area contributed by atoms with Gasteiger partial charge in [-0.3, -0.25) is 10.2 Å². The van der Waals surface area contributed by atoms with Crippen LogP contribution in [0.3, 0.4) is 0 Å². The third-order valence-electron chi connectivity index (χ3n) is 5.63. The Morgan fingerprint density at radius 3 is 2.47 bits per heavy atom. The Balaban J connectivity index is 2.24. The molecule has 0 radical (unpaired) electrons. The van der Waals surface area contributed by atoms with Gasteiger partial charge in [-0.05, 0) is 35.7 Å². The predicted molar refractivity (Wildman–Crippen MR) is 136 cm³/mol. The molecule has 0 aliphatic heterocycles. The molecular weight excluding hydrogens is 495 g/mol. The lowest BCUT2D eigenvalue weighted by Gasteiger charge is -2.36. The quantitative estimate of drug-likeness (QED) is 0.256. The minimum Gasteiger partial charge on any atom is -0.477 e. The SMILES string of the molecule is CCC(C)C(CN[NH+]=[N-])N(C(=O)c1ccc(Cl)cc1Cl)c1cc(-c2ccccc2)sc1C(=O)O. The van der Waals surface area contributed by atoms with E-state index in [0.717, 1.165) is 16.9 Å². The van der Waals surface area contributed by atoms with Crippen LogP contribution in [0.1, 0.15) is 40.3 Å². The molecule has 2 atom stereocenters. The maximum absolute atomic E-state index is 13.9. The van der Waals surface area contributed by atoms with Crippen molar-refractivity contribution in [2.24, 2.45) is 5.92 Å². The zero-order valence-corrected chi connectivity index (χ0v) is 20.9. The van der Waals surface area contributed by atoms with Gasteiger partial charge in [-0.25, -0.2) is 4.79 Å². The lowest BCUT2D eigenvalue weighted by atomic mass is 9.95. The first-order valence-electron chi connectivity index (χ1n) is 10.6. The molecule has 1 heterocycles. The second kappa shape index (κ2) is 11.5. The van der Waals surface area contributed by atoms with Gasteiger partial charge < -0.3 is 10.0 Å². The maximum Gasteiger partial charge on any atom is 0.348 e. The van der Waals surface area contributed by atoms with Crippen LogP contribution in [0.5, 0.6) is 0 Å². The summed E-state index contributed by atoms with van der Waals surface area (Å²) in [4.78, 5) is 28.4. The van der Waals surface area contributed by atoms with Crippen LogP contribution < -0.4 is 15.5 Å². The highest BCUT2D eigenvalue weighted by Crippen LogP contribution is 2.40. The highest BCUT2D eigenvalue weighted by atomic mass is 35.5. The fourth-order valence-corrected chi connectivity index (χ4v) is 5.14. The Hall–Kier alpha value is -2.94. The van der Waals surface area contributed by atoms with E-state index in [4.69, 9.17) is 28.7 Å². The summed E-state index contributed by atoms with van der Waals surface area (Å²) in [6.07, 6.45) is 0.702. The van der Waals surface area contributed by atoms with E-state index in [1.54, 1.807) is 12.1 Å². The second-order valence-electron chi connectivity index (χ2n) is 7.74. The highest BCUT2D eigenvalue weighted by molar-refractivity contribution is 7.18. The maximum atomic E-state index is 13.9. The number of halogens is 2. The molecular formula is C24H24Cl2N4O3S. The molecule has 0 saturated carbocycles. The van der Waals surface area contributed by atoms with Crippen LogP contribution in [0, 0.1) is 5.92 Å². The summed E-state index contributed by atoms with van der Waals surface area (Å²) >= 11 is 13.5. The number of carbonyl (C=O) groups excluding carboxylic acids is 1. The van der Waals surface area contributed by atoms with Gasteiger partial charge in [0.15, 0.2) is 0 Å². The smallest absolute Gasteiger partial charge is 0.348 e. The molecule has 3 rings (SSSR count). The summed E-state index contributed by atoms with van der Waals surface area (Å²) in [7, 11) is 0. The molecule has 0 saturated heterocycles. The molecule has 0 fully saturated rings. The zero-order valence-electron chi connectivity index (χ0n) is 18.6. The van der Waals surface area contributed by atoms with Crippen LogP contribution in [0.15, 0.2) is 54.6 Å². The van der Waals surface area contributed by atoms with Crippen molar-refractivity contribution in [1.29, 1.82) is 0 Å². The lowest BCUT2D eigenvalue weighted by molar-refractivity contribution is -0.548. The van der Waals surface area contributed by atoms with Gasteiger partial charge in [-0.2, -0.15) is 10.8 Å². The Labute approximate surface area is 211 Å². The Morgan fingerprint density at radius 2 is 1.88 bits per heavy atom. The molecule has 2 aromatic carbocycles. The van der Waals surface area contributed by atoms with E-state index in [9.17, 15) is 14.7 Å². The summed E-state index contributed by atoms with van der Waals surface area (Å²) < 4.78 is 0. The average molecular weight is 519 g/mol.